The Kier molecular flexibility index (Phi) is 5.69. The summed E-state index contributed by atoms with van der Waals surface area (Å²) < 4.78 is 7.00. The van der Waals surface area contributed by atoms with Crippen LogP contribution in [-0.4, -0.2) is 32.8 Å². The van der Waals surface area contributed by atoms with Crippen LogP contribution in [0.4, 0.5) is 0 Å². The molecule has 0 unspecified atom stereocenters. The van der Waals surface area contributed by atoms with Gasteiger partial charge >= 0.3 is 0 Å². The molecule has 1 aromatic heterocycles. The Bertz CT molecular complexity index is 849. The Hall–Kier alpha value is -2.80. The first-order valence-corrected chi connectivity index (χ1v) is 8.81. The monoisotopic (exact) mass is 354 g/mol. The van der Waals surface area contributed by atoms with Gasteiger partial charge in [0.1, 0.15) is 6.33 Å². The number of hydrogen-bond acceptors (Lipinski definition) is 6. The molecule has 25 heavy (non-hydrogen) atoms. The Morgan fingerprint density at radius 2 is 2.08 bits per heavy atom. The van der Waals surface area contributed by atoms with E-state index in [1.54, 1.807) is 47.2 Å². The maximum absolute atomic E-state index is 9.74. The zero-order chi connectivity index (χ0) is 17.5. The van der Waals surface area contributed by atoms with E-state index < -0.39 is 0 Å². The van der Waals surface area contributed by atoms with Crippen molar-refractivity contribution in [2.75, 3.05) is 6.61 Å². The van der Waals surface area contributed by atoms with Gasteiger partial charge in [-0.15, -0.1) is 10.2 Å². The molecule has 0 amide bonds. The van der Waals surface area contributed by atoms with Gasteiger partial charge in [-0.2, -0.15) is 9.78 Å². The highest BCUT2D eigenvalue weighted by Gasteiger charge is 2.05. The van der Waals surface area contributed by atoms with Crippen molar-refractivity contribution in [2.24, 2.45) is 5.10 Å². The highest BCUT2D eigenvalue weighted by molar-refractivity contribution is 7.98. The van der Waals surface area contributed by atoms with E-state index >= 15 is 0 Å². The highest BCUT2D eigenvalue weighted by Crippen LogP contribution is 2.26. The van der Waals surface area contributed by atoms with Gasteiger partial charge in [0.25, 0.3) is 0 Å². The molecule has 0 radical (unpaired) electrons. The van der Waals surface area contributed by atoms with E-state index in [1.165, 1.54) is 5.56 Å². The van der Waals surface area contributed by atoms with Crippen molar-refractivity contribution in [3.63, 3.8) is 0 Å². The molecule has 0 saturated heterocycles. The standard InChI is InChI=1S/C18H18N4O2S/c1-2-24-17-10-15(8-9-16(17)23)11-20-22-13-19-21-18(22)25-12-14-6-4-3-5-7-14/h3-11,13,23H,2,12H2,1H3/b20-11+. The second kappa shape index (κ2) is 8.34. The van der Waals surface area contributed by atoms with Crippen molar-refractivity contribution in [3.05, 3.63) is 66.0 Å². The summed E-state index contributed by atoms with van der Waals surface area (Å²) in [6.45, 7) is 2.35. The summed E-state index contributed by atoms with van der Waals surface area (Å²) in [6, 6.07) is 15.3. The predicted octanol–water partition coefficient (Wildman–Crippen LogP) is 3.56. The lowest BCUT2D eigenvalue weighted by Crippen LogP contribution is -1.95. The Morgan fingerprint density at radius 3 is 2.88 bits per heavy atom. The summed E-state index contributed by atoms with van der Waals surface area (Å²) in [5.41, 5.74) is 2.03. The lowest BCUT2D eigenvalue weighted by molar-refractivity contribution is 0.318. The fourth-order valence-corrected chi connectivity index (χ4v) is 2.95. The van der Waals surface area contributed by atoms with E-state index in [4.69, 9.17) is 4.74 Å². The van der Waals surface area contributed by atoms with Gasteiger partial charge in [0.2, 0.25) is 5.16 Å². The molecule has 128 valence electrons. The van der Waals surface area contributed by atoms with Gasteiger partial charge in [0.05, 0.1) is 12.8 Å². The van der Waals surface area contributed by atoms with Crippen LogP contribution in [0.25, 0.3) is 0 Å². The summed E-state index contributed by atoms with van der Waals surface area (Å²) >= 11 is 1.57. The molecule has 3 rings (SSSR count). The number of nitrogens with zero attached hydrogens (tertiary/aromatic N) is 4. The van der Waals surface area contributed by atoms with Crippen LogP contribution in [0.15, 0.2) is 65.1 Å². The van der Waals surface area contributed by atoms with Crippen LogP contribution in [0.2, 0.25) is 0 Å². The van der Waals surface area contributed by atoms with Crippen LogP contribution < -0.4 is 4.74 Å². The minimum Gasteiger partial charge on any atom is -0.504 e. The molecule has 1 N–H and O–H groups in total. The smallest absolute Gasteiger partial charge is 0.212 e. The van der Waals surface area contributed by atoms with Gasteiger partial charge in [-0.05, 0) is 36.2 Å². The number of thioether (sulfide) groups is 1. The van der Waals surface area contributed by atoms with Crippen LogP contribution >= 0.6 is 11.8 Å². The number of phenols is 1. The van der Waals surface area contributed by atoms with Crippen LogP contribution in [0.5, 0.6) is 11.5 Å². The molecule has 0 aliphatic carbocycles. The number of benzene rings is 2. The Balaban J connectivity index is 1.70. The number of aromatic nitrogens is 3. The maximum Gasteiger partial charge on any atom is 0.212 e. The molecular weight excluding hydrogens is 336 g/mol. The van der Waals surface area contributed by atoms with Gasteiger partial charge in [-0.3, -0.25) is 0 Å². The van der Waals surface area contributed by atoms with Gasteiger partial charge < -0.3 is 9.84 Å². The van der Waals surface area contributed by atoms with Crippen LogP contribution in [0, 0.1) is 0 Å². The third-order valence-corrected chi connectivity index (χ3v) is 4.33. The molecule has 0 fully saturated rings. The number of phenolic OH excluding ortho intramolecular Hbond substituents is 1. The summed E-state index contributed by atoms with van der Waals surface area (Å²) in [6.07, 6.45) is 3.24. The normalized spacial score (nSPS) is 11.1. The topological polar surface area (TPSA) is 72.5 Å². The number of ether oxygens (including phenoxy) is 1. The SMILES string of the molecule is CCOc1cc(/C=N/n2cnnc2SCc2ccccc2)ccc1O. The largest absolute Gasteiger partial charge is 0.504 e. The lowest BCUT2D eigenvalue weighted by atomic mass is 10.2. The lowest BCUT2D eigenvalue weighted by Gasteiger charge is -2.06. The quantitative estimate of drug-likeness (QED) is 0.519. The van der Waals surface area contributed by atoms with Crippen LogP contribution in [0.1, 0.15) is 18.1 Å². The molecule has 2 aromatic carbocycles. The zero-order valence-electron chi connectivity index (χ0n) is 13.7. The van der Waals surface area contributed by atoms with Crippen LogP contribution in [0.3, 0.4) is 0 Å². The molecule has 0 aliphatic heterocycles. The predicted molar refractivity (Wildman–Crippen MR) is 98.3 cm³/mol. The molecule has 0 spiro atoms. The van der Waals surface area contributed by atoms with Gasteiger partial charge in [0.15, 0.2) is 11.5 Å². The second-order valence-electron chi connectivity index (χ2n) is 5.14. The third kappa shape index (κ3) is 4.60. The van der Waals surface area contributed by atoms with Gasteiger partial charge in [-0.25, -0.2) is 0 Å². The first-order chi connectivity index (χ1) is 12.3. The molecule has 7 heteroatoms. The van der Waals surface area contributed by atoms with Crippen LogP contribution in [-0.2, 0) is 5.75 Å². The summed E-state index contributed by atoms with van der Waals surface area (Å²) in [5.74, 6) is 1.35. The fraction of sp³-hybridized carbons (Fsp3) is 0.167. The molecule has 6 nitrogen and oxygen atoms in total. The molecule has 3 aromatic rings. The second-order valence-corrected chi connectivity index (χ2v) is 6.08. The molecule has 0 aliphatic rings. The summed E-state index contributed by atoms with van der Waals surface area (Å²) in [7, 11) is 0. The average Bonchev–Trinajstić information content (AvgIpc) is 3.09. The Labute approximate surface area is 150 Å². The first-order valence-electron chi connectivity index (χ1n) is 7.83. The molecule has 0 saturated carbocycles. The van der Waals surface area contributed by atoms with E-state index in [0.29, 0.717) is 17.5 Å². The van der Waals surface area contributed by atoms with E-state index in [1.807, 2.05) is 25.1 Å². The number of rotatable bonds is 7. The average molecular weight is 354 g/mol. The van der Waals surface area contributed by atoms with E-state index in [2.05, 4.69) is 27.4 Å². The first kappa shape index (κ1) is 17.0. The van der Waals surface area contributed by atoms with Crippen molar-refractivity contribution in [3.8, 4) is 11.5 Å². The number of hydrogen-bond donors (Lipinski definition) is 1. The zero-order valence-corrected chi connectivity index (χ0v) is 14.6. The van der Waals surface area contributed by atoms with Gasteiger partial charge in [-0.1, -0.05) is 42.1 Å². The maximum atomic E-state index is 9.74. The molecule has 1 heterocycles. The molecule has 0 bridgehead atoms. The van der Waals surface area contributed by atoms with Crippen molar-refractivity contribution in [1.29, 1.82) is 0 Å². The summed E-state index contributed by atoms with van der Waals surface area (Å²) in [4.78, 5) is 0. The fourth-order valence-electron chi connectivity index (χ4n) is 2.13. The van der Waals surface area contributed by atoms with Crippen molar-refractivity contribution < 1.29 is 9.84 Å². The third-order valence-electron chi connectivity index (χ3n) is 3.33. The minimum absolute atomic E-state index is 0.113. The van der Waals surface area contributed by atoms with E-state index in [9.17, 15) is 5.11 Å². The van der Waals surface area contributed by atoms with Crippen molar-refractivity contribution in [1.82, 2.24) is 14.9 Å². The highest BCUT2D eigenvalue weighted by atomic mass is 32.2. The van der Waals surface area contributed by atoms with Crippen molar-refractivity contribution in [2.45, 2.75) is 17.8 Å². The number of aromatic hydroxyl groups is 1. The summed E-state index contributed by atoms with van der Waals surface area (Å²) in [5, 5.41) is 22.9. The molecular formula is C18H18N4O2S. The molecule has 0 atom stereocenters. The minimum atomic E-state index is 0.113. The van der Waals surface area contributed by atoms with E-state index in [-0.39, 0.29) is 5.75 Å². The van der Waals surface area contributed by atoms with E-state index in [0.717, 1.165) is 11.3 Å². The van der Waals surface area contributed by atoms with Gasteiger partial charge in [0, 0.05) is 5.75 Å². The Morgan fingerprint density at radius 1 is 1.24 bits per heavy atom. The van der Waals surface area contributed by atoms with Crippen molar-refractivity contribution >= 4 is 18.0 Å².